The van der Waals surface area contributed by atoms with Gasteiger partial charge in [0.15, 0.2) is 0 Å². The molecule has 1 aliphatic heterocycles. The van der Waals surface area contributed by atoms with E-state index in [1.54, 1.807) is 35.2 Å². The van der Waals surface area contributed by atoms with Crippen LogP contribution in [0.2, 0.25) is 0 Å². The Morgan fingerprint density at radius 1 is 1.38 bits per heavy atom. The minimum Gasteiger partial charge on any atom is -0.472 e. The maximum atomic E-state index is 13.1. The van der Waals surface area contributed by atoms with Crippen molar-refractivity contribution >= 4 is 5.91 Å². The van der Waals surface area contributed by atoms with E-state index >= 15 is 0 Å². The highest BCUT2D eigenvalue weighted by molar-refractivity contribution is 5.99. The topological polar surface area (TPSA) is 91.7 Å². The van der Waals surface area contributed by atoms with E-state index in [4.69, 9.17) is 4.42 Å². The van der Waals surface area contributed by atoms with E-state index in [0.717, 1.165) is 5.56 Å². The molecule has 2 N–H and O–H groups in total. The average Bonchev–Trinajstić information content (AvgIpc) is 3.11. The summed E-state index contributed by atoms with van der Waals surface area (Å²) in [4.78, 5) is 14.7. The zero-order valence-electron chi connectivity index (χ0n) is 14.1. The second kappa shape index (κ2) is 6.07. The van der Waals surface area contributed by atoms with Crippen molar-refractivity contribution in [3.8, 4) is 11.3 Å². The van der Waals surface area contributed by atoms with Crippen molar-refractivity contribution < 1.29 is 19.4 Å². The number of carbonyl (C=O) groups excluding carboxylic acids is 1. The highest BCUT2D eigenvalue weighted by Crippen LogP contribution is 2.31. The summed E-state index contributed by atoms with van der Waals surface area (Å²) < 4.78 is 6.68. The fourth-order valence-corrected chi connectivity index (χ4v) is 3.28. The summed E-state index contributed by atoms with van der Waals surface area (Å²) in [5, 5.41) is 24.6. The Kier molecular flexibility index (Phi) is 4.23. The average molecular weight is 333 g/mol. The maximum Gasteiger partial charge on any atom is 0.257 e. The number of furan rings is 1. The first-order chi connectivity index (χ1) is 11.3. The molecule has 130 valence electrons. The SMILES string of the molecule is Cn1cc(C(=O)N2C[C@@H](O)[C@@H](O)CC(C)(C)C2)c(-c2ccoc2)n1. The van der Waals surface area contributed by atoms with Crippen molar-refractivity contribution in [2.24, 2.45) is 12.5 Å². The fourth-order valence-electron chi connectivity index (χ4n) is 3.28. The van der Waals surface area contributed by atoms with Gasteiger partial charge in [0.1, 0.15) is 5.69 Å². The molecule has 2 aromatic heterocycles. The highest BCUT2D eigenvalue weighted by atomic mass is 16.3. The fraction of sp³-hybridized carbons (Fsp3) is 0.529. The second-order valence-electron chi connectivity index (χ2n) is 7.27. The van der Waals surface area contributed by atoms with Crippen molar-refractivity contribution in [3.05, 3.63) is 30.4 Å². The van der Waals surface area contributed by atoms with Crippen LogP contribution in [0.1, 0.15) is 30.6 Å². The van der Waals surface area contributed by atoms with Gasteiger partial charge in [0, 0.05) is 31.9 Å². The summed E-state index contributed by atoms with van der Waals surface area (Å²) in [7, 11) is 1.76. The third-order valence-corrected chi connectivity index (χ3v) is 4.37. The summed E-state index contributed by atoms with van der Waals surface area (Å²) in [6.45, 7) is 4.52. The number of aliphatic hydroxyl groups is 2. The summed E-state index contributed by atoms with van der Waals surface area (Å²) in [6, 6.07) is 1.75. The summed E-state index contributed by atoms with van der Waals surface area (Å²) in [6.07, 6.45) is 3.41. The third kappa shape index (κ3) is 3.22. The zero-order valence-corrected chi connectivity index (χ0v) is 14.1. The van der Waals surface area contributed by atoms with Crippen LogP contribution in [0.3, 0.4) is 0 Å². The molecule has 1 amide bonds. The molecule has 0 aromatic carbocycles. The second-order valence-corrected chi connectivity index (χ2v) is 7.27. The number of aromatic nitrogens is 2. The Balaban J connectivity index is 1.94. The van der Waals surface area contributed by atoms with Gasteiger partial charge in [-0.3, -0.25) is 9.48 Å². The Morgan fingerprint density at radius 2 is 2.12 bits per heavy atom. The van der Waals surface area contributed by atoms with E-state index in [9.17, 15) is 15.0 Å². The Morgan fingerprint density at radius 3 is 2.79 bits per heavy atom. The number of aryl methyl sites for hydroxylation is 1. The van der Waals surface area contributed by atoms with Crippen LogP contribution >= 0.6 is 0 Å². The Bertz CT molecular complexity index is 720. The third-order valence-electron chi connectivity index (χ3n) is 4.37. The number of nitrogens with zero attached hydrogens (tertiary/aromatic N) is 3. The predicted molar refractivity (Wildman–Crippen MR) is 87.2 cm³/mol. The molecular weight excluding hydrogens is 310 g/mol. The molecule has 7 heteroatoms. The van der Waals surface area contributed by atoms with Gasteiger partial charge < -0.3 is 19.5 Å². The quantitative estimate of drug-likeness (QED) is 0.864. The molecule has 0 spiro atoms. The van der Waals surface area contributed by atoms with Gasteiger partial charge in [0.05, 0.1) is 30.3 Å². The Hall–Kier alpha value is -2.12. The largest absolute Gasteiger partial charge is 0.472 e. The van der Waals surface area contributed by atoms with Crippen LogP contribution in [0, 0.1) is 5.41 Å². The van der Waals surface area contributed by atoms with Gasteiger partial charge in [0.25, 0.3) is 5.91 Å². The number of hydrogen-bond acceptors (Lipinski definition) is 5. The van der Waals surface area contributed by atoms with E-state index in [1.807, 2.05) is 13.8 Å². The van der Waals surface area contributed by atoms with Crippen molar-refractivity contribution in [2.45, 2.75) is 32.5 Å². The molecule has 1 saturated heterocycles. The monoisotopic (exact) mass is 333 g/mol. The molecule has 3 rings (SSSR count). The van der Waals surface area contributed by atoms with Crippen LogP contribution in [0.4, 0.5) is 0 Å². The van der Waals surface area contributed by atoms with E-state index in [1.165, 1.54) is 6.26 Å². The molecule has 3 heterocycles. The number of carbonyl (C=O) groups is 1. The van der Waals surface area contributed by atoms with E-state index in [2.05, 4.69) is 5.10 Å². The van der Waals surface area contributed by atoms with Gasteiger partial charge in [-0.2, -0.15) is 5.10 Å². The van der Waals surface area contributed by atoms with Crippen molar-refractivity contribution in [3.63, 3.8) is 0 Å². The Labute approximate surface area is 140 Å². The minimum absolute atomic E-state index is 0.100. The van der Waals surface area contributed by atoms with Crippen LogP contribution in [-0.4, -0.2) is 56.1 Å². The first-order valence-corrected chi connectivity index (χ1v) is 7.98. The lowest BCUT2D eigenvalue weighted by molar-refractivity contribution is 0.00368. The van der Waals surface area contributed by atoms with E-state index in [0.29, 0.717) is 24.2 Å². The van der Waals surface area contributed by atoms with Crippen molar-refractivity contribution in [2.75, 3.05) is 13.1 Å². The number of aliphatic hydroxyl groups excluding tert-OH is 2. The van der Waals surface area contributed by atoms with Gasteiger partial charge in [0.2, 0.25) is 0 Å². The minimum atomic E-state index is -0.954. The van der Waals surface area contributed by atoms with Crippen LogP contribution in [0.25, 0.3) is 11.3 Å². The molecule has 7 nitrogen and oxygen atoms in total. The molecular formula is C17H23N3O4. The molecule has 2 atom stereocenters. The molecule has 2 aromatic rings. The molecule has 1 aliphatic rings. The number of β-amino-alcohol motifs (C(OH)–C–C–N with tert-alkyl or cyclic N) is 1. The van der Waals surface area contributed by atoms with E-state index in [-0.39, 0.29) is 17.9 Å². The molecule has 24 heavy (non-hydrogen) atoms. The predicted octanol–water partition coefficient (Wildman–Crippen LogP) is 1.27. The van der Waals surface area contributed by atoms with Crippen molar-refractivity contribution in [1.29, 1.82) is 0 Å². The number of hydrogen-bond donors (Lipinski definition) is 2. The summed E-state index contributed by atoms with van der Waals surface area (Å²) in [5.74, 6) is -0.208. The lowest BCUT2D eigenvalue weighted by Crippen LogP contribution is -2.41. The standard InChI is InChI=1S/C17H23N3O4/c1-17(2)6-13(21)14(22)8-20(10-17)16(23)12-7-19(3)18-15(12)11-4-5-24-9-11/h4-5,7,9,13-14,21-22H,6,8,10H2,1-3H3/t13-,14+/m0/s1. The summed E-state index contributed by atoms with van der Waals surface area (Å²) >= 11 is 0. The van der Waals surface area contributed by atoms with Gasteiger partial charge in [-0.1, -0.05) is 13.8 Å². The van der Waals surface area contributed by atoms with Crippen LogP contribution in [0.5, 0.6) is 0 Å². The molecule has 0 saturated carbocycles. The van der Waals surface area contributed by atoms with Crippen LogP contribution in [0.15, 0.2) is 29.2 Å². The zero-order chi connectivity index (χ0) is 17.5. The lowest BCUT2D eigenvalue weighted by atomic mass is 9.86. The number of rotatable bonds is 2. The van der Waals surface area contributed by atoms with Crippen LogP contribution in [-0.2, 0) is 7.05 Å². The molecule has 1 fully saturated rings. The molecule has 0 unspecified atom stereocenters. The van der Waals surface area contributed by atoms with Gasteiger partial charge in [-0.25, -0.2) is 0 Å². The summed E-state index contributed by atoms with van der Waals surface area (Å²) in [5.41, 5.74) is 1.45. The normalized spacial score (nSPS) is 24.0. The number of amides is 1. The smallest absolute Gasteiger partial charge is 0.257 e. The van der Waals surface area contributed by atoms with Gasteiger partial charge >= 0.3 is 0 Å². The molecule has 0 bridgehead atoms. The molecule has 0 aliphatic carbocycles. The van der Waals surface area contributed by atoms with E-state index < -0.39 is 12.2 Å². The first kappa shape index (κ1) is 16.7. The first-order valence-electron chi connectivity index (χ1n) is 7.98. The molecule has 0 radical (unpaired) electrons. The van der Waals surface area contributed by atoms with Gasteiger partial charge in [-0.15, -0.1) is 0 Å². The van der Waals surface area contributed by atoms with Crippen molar-refractivity contribution in [1.82, 2.24) is 14.7 Å². The van der Waals surface area contributed by atoms with Gasteiger partial charge in [-0.05, 0) is 17.9 Å². The lowest BCUT2D eigenvalue weighted by Gasteiger charge is -2.29. The number of likely N-dealkylation sites (tertiary alicyclic amines) is 1. The van der Waals surface area contributed by atoms with Crippen LogP contribution < -0.4 is 0 Å². The highest BCUT2D eigenvalue weighted by Gasteiger charge is 2.37. The maximum absolute atomic E-state index is 13.1.